The third-order valence-corrected chi connectivity index (χ3v) is 7.33. The van der Waals surface area contributed by atoms with Crippen molar-refractivity contribution in [1.82, 2.24) is 9.47 Å². The van der Waals surface area contributed by atoms with Gasteiger partial charge in [-0.1, -0.05) is 66.4 Å². The first-order valence-corrected chi connectivity index (χ1v) is 12.4. The molecule has 0 unspecified atom stereocenters. The Morgan fingerprint density at radius 2 is 1.81 bits per heavy atom. The minimum Gasteiger partial charge on any atom is -0.497 e. The van der Waals surface area contributed by atoms with Crippen molar-refractivity contribution in [1.29, 1.82) is 5.26 Å². The van der Waals surface area contributed by atoms with Gasteiger partial charge >= 0.3 is 0 Å². The number of methoxy groups -OCH3 is 1. The zero-order valence-electron chi connectivity index (χ0n) is 20.1. The summed E-state index contributed by atoms with van der Waals surface area (Å²) in [6.07, 6.45) is 1.72. The molecule has 0 bridgehead atoms. The van der Waals surface area contributed by atoms with E-state index in [1.807, 2.05) is 60.7 Å². The number of aromatic nitrogens is 1. The number of rotatable bonds is 7. The van der Waals surface area contributed by atoms with Crippen LogP contribution in [-0.4, -0.2) is 26.8 Å². The Hall–Kier alpha value is -3.87. The molecule has 0 spiro atoms. The predicted molar refractivity (Wildman–Crippen MR) is 147 cm³/mol. The number of ether oxygens (including phenoxy) is 1. The second kappa shape index (κ2) is 10.8. The van der Waals surface area contributed by atoms with Crippen LogP contribution in [0.3, 0.4) is 0 Å². The van der Waals surface area contributed by atoms with Crippen molar-refractivity contribution in [3.8, 4) is 11.8 Å². The van der Waals surface area contributed by atoms with E-state index in [2.05, 4.69) is 5.32 Å². The molecule has 0 atom stereocenters. The number of anilines is 1. The number of hydrogen-bond acceptors (Lipinski definition) is 7. The van der Waals surface area contributed by atoms with Crippen LogP contribution in [0.1, 0.15) is 27.8 Å². The molecule has 182 valence electrons. The summed E-state index contributed by atoms with van der Waals surface area (Å²) >= 11 is 6.71. The molecule has 2 heterocycles. The molecule has 0 aliphatic carbocycles. The maximum Gasteiger partial charge on any atom is 0.270 e. The van der Waals surface area contributed by atoms with E-state index < -0.39 is 5.56 Å². The van der Waals surface area contributed by atoms with Crippen LogP contribution in [0, 0.1) is 18.3 Å². The molecule has 1 amide bonds. The number of thioether (sulfide) groups is 1. The van der Waals surface area contributed by atoms with E-state index in [1.54, 1.807) is 32.1 Å². The monoisotopic (exact) mass is 516 g/mol. The summed E-state index contributed by atoms with van der Waals surface area (Å²) in [7, 11) is 3.22. The van der Waals surface area contributed by atoms with E-state index in [4.69, 9.17) is 17.0 Å². The van der Waals surface area contributed by atoms with Gasteiger partial charge in [-0.2, -0.15) is 5.26 Å². The van der Waals surface area contributed by atoms with Crippen molar-refractivity contribution < 1.29 is 9.53 Å². The molecular formula is C27H24N4O3S2. The highest BCUT2D eigenvalue weighted by Crippen LogP contribution is 2.35. The van der Waals surface area contributed by atoms with Gasteiger partial charge in [0, 0.05) is 19.2 Å². The number of benzene rings is 2. The van der Waals surface area contributed by atoms with Gasteiger partial charge in [0.25, 0.3) is 11.5 Å². The fourth-order valence-electron chi connectivity index (χ4n) is 3.91. The molecule has 1 aliphatic heterocycles. The Balaban J connectivity index is 1.70. The van der Waals surface area contributed by atoms with Gasteiger partial charge in [0.2, 0.25) is 0 Å². The molecule has 4 rings (SSSR count). The average molecular weight is 517 g/mol. The van der Waals surface area contributed by atoms with Crippen LogP contribution in [-0.2, 0) is 24.9 Å². The fraction of sp³-hybridized carbons (Fsp3) is 0.185. The van der Waals surface area contributed by atoms with E-state index >= 15 is 0 Å². The van der Waals surface area contributed by atoms with Crippen molar-refractivity contribution in [2.45, 2.75) is 20.0 Å². The molecule has 1 aromatic heterocycles. The summed E-state index contributed by atoms with van der Waals surface area (Å²) in [6, 6.07) is 19.2. The van der Waals surface area contributed by atoms with Crippen LogP contribution in [0.2, 0.25) is 0 Å². The first-order chi connectivity index (χ1) is 17.3. The van der Waals surface area contributed by atoms with Crippen LogP contribution >= 0.6 is 24.0 Å². The molecule has 1 saturated heterocycles. The molecular weight excluding hydrogens is 492 g/mol. The minimum absolute atomic E-state index is 0.0403. The summed E-state index contributed by atoms with van der Waals surface area (Å²) in [5.41, 5.74) is 2.69. The second-order valence-electron chi connectivity index (χ2n) is 8.19. The van der Waals surface area contributed by atoms with Crippen LogP contribution < -0.4 is 15.6 Å². The van der Waals surface area contributed by atoms with Gasteiger partial charge in [-0.15, -0.1) is 0 Å². The normalized spacial score (nSPS) is 14.3. The molecule has 1 aliphatic rings. The van der Waals surface area contributed by atoms with Gasteiger partial charge in [0.05, 0.1) is 18.6 Å². The maximum absolute atomic E-state index is 13.3. The van der Waals surface area contributed by atoms with Crippen molar-refractivity contribution in [2.75, 3.05) is 12.4 Å². The molecule has 3 aromatic rings. The highest BCUT2D eigenvalue weighted by molar-refractivity contribution is 8.26. The largest absolute Gasteiger partial charge is 0.497 e. The Bertz CT molecular complexity index is 1460. The maximum atomic E-state index is 13.3. The lowest BCUT2D eigenvalue weighted by molar-refractivity contribution is -0.122. The molecule has 2 aromatic carbocycles. The van der Waals surface area contributed by atoms with E-state index in [1.165, 1.54) is 16.3 Å². The molecule has 0 radical (unpaired) electrons. The Morgan fingerprint density at radius 1 is 1.11 bits per heavy atom. The Morgan fingerprint density at radius 3 is 2.44 bits per heavy atom. The van der Waals surface area contributed by atoms with Crippen LogP contribution in [0.25, 0.3) is 6.08 Å². The van der Waals surface area contributed by atoms with Gasteiger partial charge in [-0.05, 0) is 41.8 Å². The zero-order valence-corrected chi connectivity index (χ0v) is 21.7. The number of nitrogens with one attached hydrogen (secondary N) is 1. The standard InChI is InChI=1S/C27H24N4O3S2/c1-17-21(13-23-26(33)31(27(35)36-23)16-19-7-5-4-6-8-19)24(30(2)25(32)22(17)14-28)29-15-18-9-11-20(34-3)12-10-18/h4-13,29H,15-16H2,1-3H3/b23-13+. The molecule has 0 saturated carbocycles. The number of carbonyl (C=O) groups excluding carboxylic acids is 1. The molecule has 9 heteroatoms. The highest BCUT2D eigenvalue weighted by atomic mass is 32.2. The van der Waals surface area contributed by atoms with E-state index in [9.17, 15) is 14.9 Å². The minimum atomic E-state index is -0.402. The molecule has 7 nitrogen and oxygen atoms in total. The van der Waals surface area contributed by atoms with Gasteiger partial charge in [-0.3, -0.25) is 19.1 Å². The van der Waals surface area contributed by atoms with Crippen molar-refractivity contribution in [3.63, 3.8) is 0 Å². The van der Waals surface area contributed by atoms with Crippen molar-refractivity contribution in [2.24, 2.45) is 7.05 Å². The lowest BCUT2D eigenvalue weighted by atomic mass is 10.0. The lowest BCUT2D eigenvalue weighted by Crippen LogP contribution is -2.27. The van der Waals surface area contributed by atoms with Crippen LogP contribution in [0.5, 0.6) is 5.75 Å². The smallest absolute Gasteiger partial charge is 0.270 e. The second-order valence-corrected chi connectivity index (χ2v) is 9.87. The number of carbonyl (C=O) groups is 1. The quantitative estimate of drug-likeness (QED) is 0.363. The third kappa shape index (κ3) is 5.05. The van der Waals surface area contributed by atoms with E-state index in [0.29, 0.717) is 39.3 Å². The number of pyridine rings is 1. The molecule has 36 heavy (non-hydrogen) atoms. The third-order valence-electron chi connectivity index (χ3n) is 5.95. The number of hydrogen-bond donors (Lipinski definition) is 1. The number of nitriles is 1. The van der Waals surface area contributed by atoms with Gasteiger partial charge in [-0.25, -0.2) is 0 Å². The predicted octanol–water partition coefficient (Wildman–Crippen LogP) is 4.59. The van der Waals surface area contributed by atoms with Crippen molar-refractivity contribution >= 4 is 46.1 Å². The highest BCUT2D eigenvalue weighted by Gasteiger charge is 2.32. The lowest BCUT2D eigenvalue weighted by Gasteiger charge is -2.18. The number of thiocarbonyl (C=S) groups is 1. The van der Waals surface area contributed by atoms with Gasteiger partial charge in [0.15, 0.2) is 0 Å². The summed E-state index contributed by atoms with van der Waals surface area (Å²) in [5, 5.41) is 13.0. The summed E-state index contributed by atoms with van der Waals surface area (Å²) < 4.78 is 7.09. The average Bonchev–Trinajstić information content (AvgIpc) is 3.15. The fourth-order valence-corrected chi connectivity index (χ4v) is 5.14. The topological polar surface area (TPSA) is 87.4 Å². The summed E-state index contributed by atoms with van der Waals surface area (Å²) in [5.74, 6) is 1.06. The van der Waals surface area contributed by atoms with Crippen molar-refractivity contribution in [3.05, 3.63) is 97.7 Å². The SMILES string of the molecule is COc1ccc(CNc2c(/C=C3/SC(=S)N(Cc4ccccc4)C3=O)c(C)c(C#N)c(=O)n2C)cc1. The first-order valence-electron chi connectivity index (χ1n) is 11.1. The number of amides is 1. The zero-order chi connectivity index (χ0) is 25.8. The number of nitrogens with zero attached hydrogens (tertiary/aromatic N) is 3. The van der Waals surface area contributed by atoms with Gasteiger partial charge < -0.3 is 10.1 Å². The molecule has 1 N–H and O–H groups in total. The molecule has 1 fully saturated rings. The van der Waals surface area contributed by atoms with Crippen LogP contribution in [0.15, 0.2) is 64.3 Å². The summed E-state index contributed by atoms with van der Waals surface area (Å²) in [4.78, 5) is 28.1. The van der Waals surface area contributed by atoms with E-state index in [-0.39, 0.29) is 11.5 Å². The Labute approximate surface area is 219 Å². The van der Waals surface area contributed by atoms with E-state index in [0.717, 1.165) is 16.9 Å². The first kappa shape index (κ1) is 25.2. The van der Waals surface area contributed by atoms with Gasteiger partial charge in [0.1, 0.15) is 27.5 Å². The van der Waals surface area contributed by atoms with Crippen LogP contribution in [0.4, 0.5) is 5.82 Å². The Kier molecular flexibility index (Phi) is 7.58. The summed E-state index contributed by atoms with van der Waals surface area (Å²) in [6.45, 7) is 2.52.